The van der Waals surface area contributed by atoms with E-state index in [1.54, 1.807) is 12.1 Å². The largest absolute Gasteiger partial charge is 0.488 e. The topological polar surface area (TPSA) is 56.8 Å². The maximum atomic E-state index is 9.06. The number of hydrogen-bond donors (Lipinski definition) is 0. The molecule has 2 rings (SSSR count). The van der Waals surface area contributed by atoms with Gasteiger partial charge < -0.3 is 4.74 Å². The molecule has 102 valence electrons. The normalized spacial score (nSPS) is 10.0. The molecule has 0 amide bonds. The first-order chi connectivity index (χ1) is 10.2. The first-order valence-corrected chi connectivity index (χ1v) is 7.00. The van der Waals surface area contributed by atoms with Crippen molar-refractivity contribution in [2.45, 2.75) is 6.61 Å². The molecule has 0 saturated heterocycles. The van der Waals surface area contributed by atoms with Crippen LogP contribution in [0.2, 0.25) is 0 Å². The van der Waals surface area contributed by atoms with Crippen molar-refractivity contribution >= 4 is 22.0 Å². The average molecular weight is 339 g/mol. The molecular formula is C17H11BrN2O. The Labute approximate surface area is 131 Å². The van der Waals surface area contributed by atoms with E-state index in [0.29, 0.717) is 17.9 Å². The molecule has 0 heterocycles. The molecule has 3 nitrogen and oxygen atoms in total. The van der Waals surface area contributed by atoms with Crippen molar-refractivity contribution in [1.82, 2.24) is 0 Å². The van der Waals surface area contributed by atoms with E-state index in [-0.39, 0.29) is 0 Å². The van der Waals surface area contributed by atoms with Gasteiger partial charge in [-0.05, 0) is 30.3 Å². The molecular weight excluding hydrogens is 328 g/mol. The summed E-state index contributed by atoms with van der Waals surface area (Å²) >= 11 is 3.39. The summed E-state index contributed by atoms with van der Waals surface area (Å²) in [7, 11) is 0. The highest BCUT2D eigenvalue weighted by atomic mass is 79.9. The van der Waals surface area contributed by atoms with Gasteiger partial charge in [0.15, 0.2) is 0 Å². The zero-order valence-electron chi connectivity index (χ0n) is 11.1. The number of halogens is 1. The van der Waals surface area contributed by atoms with Crippen LogP contribution < -0.4 is 4.74 Å². The van der Waals surface area contributed by atoms with E-state index in [1.807, 2.05) is 42.5 Å². The Hall–Kier alpha value is -2.56. The molecule has 0 aliphatic heterocycles. The zero-order valence-corrected chi connectivity index (χ0v) is 12.7. The Morgan fingerprint density at radius 1 is 1.14 bits per heavy atom. The molecule has 2 aromatic rings. The van der Waals surface area contributed by atoms with Gasteiger partial charge in [-0.25, -0.2) is 0 Å². The maximum absolute atomic E-state index is 9.06. The predicted molar refractivity (Wildman–Crippen MR) is 84.3 cm³/mol. The van der Waals surface area contributed by atoms with Gasteiger partial charge in [-0.3, -0.25) is 0 Å². The van der Waals surface area contributed by atoms with Crippen molar-refractivity contribution < 1.29 is 4.74 Å². The van der Waals surface area contributed by atoms with Crippen LogP contribution in [0.5, 0.6) is 5.75 Å². The lowest BCUT2D eigenvalue weighted by atomic mass is 10.1. The highest BCUT2D eigenvalue weighted by molar-refractivity contribution is 9.10. The zero-order chi connectivity index (χ0) is 15.1. The highest BCUT2D eigenvalue weighted by Gasteiger charge is 2.05. The molecule has 21 heavy (non-hydrogen) atoms. The van der Waals surface area contributed by atoms with E-state index in [4.69, 9.17) is 15.3 Å². The number of hydrogen-bond acceptors (Lipinski definition) is 3. The van der Waals surface area contributed by atoms with Gasteiger partial charge in [0, 0.05) is 21.7 Å². The second kappa shape index (κ2) is 7.28. The molecule has 0 unspecified atom stereocenters. The lowest BCUT2D eigenvalue weighted by Crippen LogP contribution is -1.99. The molecule has 0 aromatic heterocycles. The number of benzene rings is 2. The molecule has 0 aliphatic rings. The third-order valence-electron chi connectivity index (χ3n) is 2.83. The highest BCUT2D eigenvalue weighted by Crippen LogP contribution is 2.25. The summed E-state index contributed by atoms with van der Waals surface area (Å²) in [6, 6.07) is 17.0. The summed E-state index contributed by atoms with van der Waals surface area (Å²) in [5, 5.41) is 17.7. The quantitative estimate of drug-likeness (QED) is 0.774. The van der Waals surface area contributed by atoms with Gasteiger partial charge in [0.1, 0.15) is 12.4 Å². The van der Waals surface area contributed by atoms with E-state index in [0.717, 1.165) is 15.6 Å². The fourth-order valence-corrected chi connectivity index (χ4v) is 2.20. The van der Waals surface area contributed by atoms with Crippen molar-refractivity contribution in [2.75, 3.05) is 0 Å². The average Bonchev–Trinajstić information content (AvgIpc) is 2.52. The predicted octanol–water partition coefficient (Wildman–Crippen LogP) is 4.44. The van der Waals surface area contributed by atoms with Crippen LogP contribution in [0.4, 0.5) is 0 Å². The molecule has 4 heteroatoms. The Balaban J connectivity index is 2.22. The molecule has 0 bridgehead atoms. The van der Waals surface area contributed by atoms with Crippen LogP contribution in [-0.4, -0.2) is 0 Å². The van der Waals surface area contributed by atoms with E-state index in [2.05, 4.69) is 22.0 Å². The fourth-order valence-electron chi connectivity index (χ4n) is 1.82. The summed E-state index contributed by atoms with van der Waals surface area (Å²) in [4.78, 5) is 0. The van der Waals surface area contributed by atoms with Gasteiger partial charge in [-0.2, -0.15) is 10.5 Å². The minimum Gasteiger partial charge on any atom is -0.488 e. The molecule has 0 radical (unpaired) electrons. The summed E-state index contributed by atoms with van der Waals surface area (Å²) < 4.78 is 6.69. The van der Waals surface area contributed by atoms with Crippen molar-refractivity contribution in [3.05, 3.63) is 69.7 Å². The van der Waals surface area contributed by atoms with E-state index in [1.165, 1.54) is 6.08 Å². The van der Waals surface area contributed by atoms with E-state index >= 15 is 0 Å². The van der Waals surface area contributed by atoms with Gasteiger partial charge in [-0.1, -0.05) is 34.1 Å². The number of ether oxygens (including phenoxy) is 1. The first kappa shape index (κ1) is 14.8. The number of rotatable bonds is 4. The Bertz CT molecular complexity index is 754. The Morgan fingerprint density at radius 3 is 2.71 bits per heavy atom. The number of nitriles is 2. The standard InChI is InChI=1S/C17H11BrN2O/c18-16-7-8-17(13(10-16)6-3-9-19)21-12-15-5-2-1-4-14(15)11-20/h1-8,10H,12H2/b6-3+. The van der Waals surface area contributed by atoms with Crippen molar-refractivity contribution in [3.63, 3.8) is 0 Å². The Morgan fingerprint density at radius 2 is 1.95 bits per heavy atom. The molecule has 0 N–H and O–H groups in total. The van der Waals surface area contributed by atoms with Gasteiger partial charge >= 0.3 is 0 Å². The second-order valence-corrected chi connectivity index (χ2v) is 5.12. The molecule has 0 atom stereocenters. The van der Waals surface area contributed by atoms with Crippen LogP contribution in [0.3, 0.4) is 0 Å². The molecule has 0 spiro atoms. The number of nitrogens with zero attached hydrogens (tertiary/aromatic N) is 2. The van der Waals surface area contributed by atoms with Crippen LogP contribution in [0, 0.1) is 22.7 Å². The van der Waals surface area contributed by atoms with Crippen molar-refractivity contribution in [2.24, 2.45) is 0 Å². The van der Waals surface area contributed by atoms with Crippen LogP contribution >= 0.6 is 15.9 Å². The van der Waals surface area contributed by atoms with Crippen molar-refractivity contribution in [3.8, 4) is 17.9 Å². The molecule has 0 aliphatic carbocycles. The summed E-state index contributed by atoms with van der Waals surface area (Å²) in [5.74, 6) is 0.664. The lowest BCUT2D eigenvalue weighted by molar-refractivity contribution is 0.305. The van der Waals surface area contributed by atoms with Gasteiger partial charge in [0.2, 0.25) is 0 Å². The van der Waals surface area contributed by atoms with Crippen LogP contribution in [0.1, 0.15) is 16.7 Å². The third kappa shape index (κ3) is 3.95. The molecule has 2 aromatic carbocycles. The monoisotopic (exact) mass is 338 g/mol. The molecule has 0 saturated carbocycles. The van der Waals surface area contributed by atoms with Gasteiger partial charge in [-0.15, -0.1) is 0 Å². The SMILES string of the molecule is N#C/C=C/c1cc(Br)ccc1OCc1ccccc1C#N. The third-order valence-corrected chi connectivity index (χ3v) is 3.32. The van der Waals surface area contributed by atoms with E-state index < -0.39 is 0 Å². The van der Waals surface area contributed by atoms with Crippen LogP contribution in [-0.2, 0) is 6.61 Å². The summed E-state index contributed by atoms with van der Waals surface area (Å²) in [6.45, 7) is 0.304. The minimum absolute atomic E-state index is 0.304. The Kier molecular flexibility index (Phi) is 5.15. The summed E-state index contributed by atoms with van der Waals surface area (Å²) in [5.41, 5.74) is 2.24. The van der Waals surface area contributed by atoms with Gasteiger partial charge in [0.25, 0.3) is 0 Å². The van der Waals surface area contributed by atoms with Crippen LogP contribution in [0.15, 0.2) is 53.0 Å². The van der Waals surface area contributed by atoms with Crippen molar-refractivity contribution in [1.29, 1.82) is 10.5 Å². The maximum Gasteiger partial charge on any atom is 0.127 e. The first-order valence-electron chi connectivity index (χ1n) is 6.21. The molecule has 0 fully saturated rings. The van der Waals surface area contributed by atoms with E-state index in [9.17, 15) is 0 Å². The number of allylic oxidation sites excluding steroid dienone is 1. The fraction of sp³-hybridized carbons (Fsp3) is 0.0588. The van der Waals surface area contributed by atoms with Crippen LogP contribution in [0.25, 0.3) is 6.08 Å². The second-order valence-electron chi connectivity index (χ2n) is 4.20. The summed E-state index contributed by atoms with van der Waals surface area (Å²) in [6.07, 6.45) is 3.09. The van der Waals surface area contributed by atoms with Gasteiger partial charge in [0.05, 0.1) is 17.7 Å². The smallest absolute Gasteiger partial charge is 0.127 e. The lowest BCUT2D eigenvalue weighted by Gasteiger charge is -2.10. The minimum atomic E-state index is 0.304.